The summed E-state index contributed by atoms with van der Waals surface area (Å²) in [6.45, 7) is 0. The van der Waals surface area contributed by atoms with Crippen LogP contribution in [0.15, 0.2) is 84.2 Å². The lowest BCUT2D eigenvalue weighted by Crippen LogP contribution is -2.28. The Balaban J connectivity index is 1.38. The van der Waals surface area contributed by atoms with Crippen molar-refractivity contribution in [2.75, 3.05) is 12.4 Å². The normalized spacial score (nSPS) is 14.1. The highest BCUT2D eigenvalue weighted by atomic mass is 32.1. The number of benzene rings is 3. The Morgan fingerprint density at radius 2 is 1.71 bits per heavy atom. The summed E-state index contributed by atoms with van der Waals surface area (Å²) < 4.78 is 5.50. The van der Waals surface area contributed by atoms with E-state index in [0.29, 0.717) is 0 Å². The van der Waals surface area contributed by atoms with Crippen LogP contribution in [0, 0.1) is 0 Å². The summed E-state index contributed by atoms with van der Waals surface area (Å²) in [6.07, 6.45) is 1.65. The molecule has 0 unspecified atom stereocenters. The third kappa shape index (κ3) is 3.73. The van der Waals surface area contributed by atoms with Gasteiger partial charge < -0.3 is 10.1 Å². The van der Waals surface area contributed by atoms with Gasteiger partial charge in [-0.2, -0.15) is 0 Å². The fourth-order valence-corrected chi connectivity index (χ4v) is 4.75. The van der Waals surface area contributed by atoms with Crippen molar-refractivity contribution in [3.05, 3.63) is 89.8 Å². The molecule has 1 aromatic heterocycles. The molecule has 1 aliphatic rings. The Labute approximate surface area is 185 Å². The van der Waals surface area contributed by atoms with Gasteiger partial charge >= 0.3 is 0 Å². The first-order chi connectivity index (χ1) is 15.2. The van der Waals surface area contributed by atoms with Crippen LogP contribution in [0.5, 0.6) is 5.75 Å². The number of amides is 1. The van der Waals surface area contributed by atoms with Gasteiger partial charge in [0, 0.05) is 27.8 Å². The van der Waals surface area contributed by atoms with Gasteiger partial charge in [-0.05, 0) is 31.0 Å². The Bertz CT molecular complexity index is 1230. The molecule has 0 spiro atoms. The second-order valence-electron chi connectivity index (χ2n) is 7.72. The molecule has 154 valence electrons. The van der Waals surface area contributed by atoms with E-state index in [0.717, 1.165) is 51.7 Å². The van der Waals surface area contributed by atoms with Crippen LogP contribution in [0.3, 0.4) is 0 Å². The highest BCUT2D eigenvalue weighted by Gasteiger charge is 2.52. The molecular formula is C26H22N2O2S. The number of nitrogens with zero attached hydrogens (tertiary/aromatic N) is 1. The van der Waals surface area contributed by atoms with Crippen molar-refractivity contribution in [2.45, 2.75) is 18.3 Å². The van der Waals surface area contributed by atoms with Crippen molar-refractivity contribution in [3.8, 4) is 27.6 Å². The zero-order valence-corrected chi connectivity index (χ0v) is 18.0. The second kappa shape index (κ2) is 8.00. The van der Waals surface area contributed by atoms with Crippen molar-refractivity contribution in [1.82, 2.24) is 4.98 Å². The summed E-state index contributed by atoms with van der Waals surface area (Å²) in [5.41, 5.74) is 4.22. The molecule has 4 aromatic rings. The number of aromatic nitrogens is 1. The first-order valence-corrected chi connectivity index (χ1v) is 11.1. The monoisotopic (exact) mass is 426 g/mol. The summed E-state index contributed by atoms with van der Waals surface area (Å²) in [5, 5.41) is 6.16. The molecule has 0 bridgehead atoms. The first kappa shape index (κ1) is 19.5. The van der Waals surface area contributed by atoms with Crippen molar-refractivity contribution < 1.29 is 9.53 Å². The largest absolute Gasteiger partial charge is 0.496 e. The third-order valence-electron chi connectivity index (χ3n) is 5.75. The minimum Gasteiger partial charge on any atom is -0.496 e. The zero-order valence-electron chi connectivity index (χ0n) is 17.2. The van der Waals surface area contributed by atoms with Gasteiger partial charge in [0.2, 0.25) is 5.91 Å². The summed E-state index contributed by atoms with van der Waals surface area (Å²) in [6, 6.07) is 25.8. The average molecular weight is 427 g/mol. The van der Waals surface area contributed by atoms with Gasteiger partial charge in [-0.15, -0.1) is 11.3 Å². The standard InChI is InChI=1S/C26H22N2O2S/c1-30-23-13-6-5-12-21(23)26(14-15-26)25(29)27-20-11-7-10-19(16-20)22-17-31-24(28-22)18-8-3-2-4-9-18/h2-13,16-17H,14-15H2,1H3,(H,27,29). The molecule has 0 atom stereocenters. The Hall–Kier alpha value is -3.44. The number of nitrogens with one attached hydrogen (secondary N) is 1. The fraction of sp³-hybridized carbons (Fsp3) is 0.154. The van der Waals surface area contributed by atoms with Gasteiger partial charge in [-0.25, -0.2) is 4.98 Å². The van der Waals surface area contributed by atoms with Crippen molar-refractivity contribution in [3.63, 3.8) is 0 Å². The maximum Gasteiger partial charge on any atom is 0.235 e. The van der Waals surface area contributed by atoms with Gasteiger partial charge in [0.25, 0.3) is 0 Å². The lowest BCUT2D eigenvalue weighted by Gasteiger charge is -2.18. The number of methoxy groups -OCH3 is 1. The summed E-state index contributed by atoms with van der Waals surface area (Å²) in [5.74, 6) is 0.775. The maximum absolute atomic E-state index is 13.2. The zero-order chi connectivity index (χ0) is 21.3. The summed E-state index contributed by atoms with van der Waals surface area (Å²) in [4.78, 5) is 18.0. The van der Waals surface area contributed by atoms with Crippen LogP contribution < -0.4 is 10.1 Å². The molecule has 1 amide bonds. The minimum atomic E-state index is -0.510. The molecule has 31 heavy (non-hydrogen) atoms. The minimum absolute atomic E-state index is 0.0115. The number of ether oxygens (including phenoxy) is 1. The highest BCUT2D eigenvalue weighted by molar-refractivity contribution is 7.13. The molecule has 1 N–H and O–H groups in total. The van der Waals surface area contributed by atoms with Crippen LogP contribution in [0.1, 0.15) is 18.4 Å². The van der Waals surface area contributed by atoms with E-state index in [1.54, 1.807) is 18.4 Å². The third-order valence-corrected chi connectivity index (χ3v) is 6.64. The van der Waals surface area contributed by atoms with E-state index >= 15 is 0 Å². The number of para-hydroxylation sites is 1. The SMILES string of the molecule is COc1ccccc1C1(C(=O)Nc2cccc(-c3csc(-c4ccccc4)n3)c2)CC1. The molecule has 1 saturated carbocycles. The highest BCUT2D eigenvalue weighted by Crippen LogP contribution is 2.52. The fourth-order valence-electron chi connectivity index (χ4n) is 3.91. The molecule has 0 saturated heterocycles. The molecule has 4 nitrogen and oxygen atoms in total. The number of anilines is 1. The van der Waals surface area contributed by atoms with E-state index < -0.39 is 5.41 Å². The van der Waals surface area contributed by atoms with E-state index in [4.69, 9.17) is 9.72 Å². The van der Waals surface area contributed by atoms with Crippen molar-refractivity contribution in [2.24, 2.45) is 0 Å². The molecular weight excluding hydrogens is 404 g/mol. The number of carbonyl (C=O) groups is 1. The molecule has 0 radical (unpaired) electrons. The van der Waals surface area contributed by atoms with Crippen molar-refractivity contribution >= 4 is 22.9 Å². The van der Waals surface area contributed by atoms with Crippen LogP contribution in [0.4, 0.5) is 5.69 Å². The van der Waals surface area contributed by atoms with E-state index in [1.807, 2.05) is 66.7 Å². The number of hydrogen-bond acceptors (Lipinski definition) is 4. The van der Waals surface area contributed by atoms with Crippen molar-refractivity contribution in [1.29, 1.82) is 0 Å². The number of rotatable bonds is 6. The van der Waals surface area contributed by atoms with E-state index in [-0.39, 0.29) is 5.91 Å². The average Bonchev–Trinajstić information content (AvgIpc) is 3.49. The van der Waals surface area contributed by atoms with Crippen LogP contribution >= 0.6 is 11.3 Å². The smallest absolute Gasteiger partial charge is 0.235 e. The lowest BCUT2D eigenvalue weighted by atomic mass is 9.93. The molecule has 5 rings (SSSR count). The van der Waals surface area contributed by atoms with E-state index in [1.165, 1.54) is 0 Å². The lowest BCUT2D eigenvalue weighted by molar-refractivity contribution is -0.118. The van der Waals surface area contributed by atoms with Crippen LogP contribution in [-0.2, 0) is 10.2 Å². The molecule has 0 aliphatic heterocycles. The summed E-state index contributed by atoms with van der Waals surface area (Å²) >= 11 is 1.62. The number of thiazole rings is 1. The topological polar surface area (TPSA) is 51.2 Å². The van der Waals surface area contributed by atoms with Crippen LogP contribution in [0.2, 0.25) is 0 Å². The molecule has 1 fully saturated rings. The Morgan fingerprint density at radius 3 is 2.48 bits per heavy atom. The van der Waals surface area contributed by atoms with Gasteiger partial charge in [0.15, 0.2) is 0 Å². The number of carbonyl (C=O) groups excluding carboxylic acids is 1. The Morgan fingerprint density at radius 1 is 0.968 bits per heavy atom. The maximum atomic E-state index is 13.2. The van der Waals surface area contributed by atoms with Gasteiger partial charge in [-0.3, -0.25) is 4.79 Å². The van der Waals surface area contributed by atoms with Gasteiger partial charge in [0.1, 0.15) is 10.8 Å². The number of hydrogen-bond donors (Lipinski definition) is 1. The van der Waals surface area contributed by atoms with Gasteiger partial charge in [-0.1, -0.05) is 60.7 Å². The molecule has 1 aliphatic carbocycles. The molecule has 1 heterocycles. The van der Waals surface area contributed by atoms with Crippen LogP contribution in [0.25, 0.3) is 21.8 Å². The predicted molar refractivity (Wildman–Crippen MR) is 126 cm³/mol. The quantitative estimate of drug-likeness (QED) is 0.402. The molecule has 5 heteroatoms. The predicted octanol–water partition coefficient (Wildman–Crippen LogP) is 6.16. The van der Waals surface area contributed by atoms with Gasteiger partial charge in [0.05, 0.1) is 18.2 Å². The van der Waals surface area contributed by atoms with E-state index in [2.05, 4.69) is 22.8 Å². The second-order valence-corrected chi connectivity index (χ2v) is 8.58. The molecule has 3 aromatic carbocycles. The first-order valence-electron chi connectivity index (χ1n) is 10.3. The van der Waals surface area contributed by atoms with E-state index in [9.17, 15) is 4.79 Å². The Kier molecular flexibility index (Phi) is 5.04. The van der Waals surface area contributed by atoms with Crippen LogP contribution in [-0.4, -0.2) is 18.0 Å². The summed E-state index contributed by atoms with van der Waals surface area (Å²) in [7, 11) is 1.65.